The summed E-state index contributed by atoms with van der Waals surface area (Å²) in [5.74, 6) is 0.516. The normalized spacial score (nSPS) is 11.2. The molecule has 0 unspecified atom stereocenters. The molecule has 0 bridgehead atoms. The third-order valence-electron chi connectivity index (χ3n) is 5.12. The van der Waals surface area contributed by atoms with E-state index in [1.165, 1.54) is 12.1 Å². The third-order valence-corrected chi connectivity index (χ3v) is 5.70. The van der Waals surface area contributed by atoms with Crippen LogP contribution in [0, 0.1) is 12.7 Å². The summed E-state index contributed by atoms with van der Waals surface area (Å²) >= 11 is 3.43. The van der Waals surface area contributed by atoms with E-state index in [1.54, 1.807) is 40.2 Å². The van der Waals surface area contributed by atoms with Crippen molar-refractivity contribution in [2.75, 3.05) is 5.32 Å². The molecule has 4 heterocycles. The number of aromatic nitrogens is 5. The number of nitrogens with one attached hydrogen (secondary N) is 1. The number of carbonyl (C=O) groups excluding carboxylic acids is 1. The van der Waals surface area contributed by atoms with E-state index in [4.69, 9.17) is 4.42 Å². The van der Waals surface area contributed by atoms with Gasteiger partial charge in [0.15, 0.2) is 11.5 Å². The highest BCUT2D eigenvalue weighted by molar-refractivity contribution is 9.10. The third kappa shape index (κ3) is 4.29. The topological polar surface area (TPSA) is 90.8 Å². The number of aryl methyl sites for hydroxylation is 1. The molecule has 0 fully saturated rings. The number of pyridine rings is 1. The molecule has 0 atom stereocenters. The van der Waals surface area contributed by atoms with Gasteiger partial charge in [-0.05, 0) is 58.7 Å². The summed E-state index contributed by atoms with van der Waals surface area (Å²) in [6.45, 7) is 2.28. The second kappa shape index (κ2) is 8.62. The fourth-order valence-corrected chi connectivity index (χ4v) is 4.09. The maximum atomic E-state index is 13.1. The summed E-state index contributed by atoms with van der Waals surface area (Å²) < 4.78 is 22.5. The molecule has 0 aliphatic carbocycles. The van der Waals surface area contributed by atoms with Crippen molar-refractivity contribution in [3.05, 3.63) is 82.7 Å². The molecule has 1 amide bonds. The van der Waals surface area contributed by atoms with Crippen LogP contribution in [-0.2, 0) is 17.9 Å². The molecule has 5 aromatic rings. The zero-order valence-corrected chi connectivity index (χ0v) is 19.1. The molecule has 1 N–H and O–H groups in total. The molecule has 0 saturated carbocycles. The first-order valence-corrected chi connectivity index (χ1v) is 10.9. The summed E-state index contributed by atoms with van der Waals surface area (Å²) in [7, 11) is 0. The number of hydrogen-bond donors (Lipinski definition) is 1. The van der Waals surface area contributed by atoms with E-state index in [0.717, 1.165) is 22.2 Å². The molecule has 1 aromatic carbocycles. The smallest absolute Gasteiger partial charge is 0.247 e. The molecule has 0 saturated heterocycles. The number of nitrogens with zero attached hydrogens (tertiary/aromatic N) is 5. The summed E-state index contributed by atoms with van der Waals surface area (Å²) in [5, 5.41) is 12.6. The van der Waals surface area contributed by atoms with Crippen molar-refractivity contribution < 1.29 is 13.6 Å². The maximum Gasteiger partial charge on any atom is 0.247 e. The Balaban J connectivity index is 1.34. The van der Waals surface area contributed by atoms with Gasteiger partial charge in [0.1, 0.15) is 18.1 Å². The fourth-order valence-electron chi connectivity index (χ4n) is 3.68. The largest absolute Gasteiger partial charge is 0.464 e. The number of benzene rings is 1. The molecule has 10 heteroatoms. The number of anilines is 1. The molecule has 8 nitrogen and oxygen atoms in total. The lowest BCUT2D eigenvalue weighted by atomic mass is 10.1. The Labute approximate surface area is 196 Å². The van der Waals surface area contributed by atoms with Crippen molar-refractivity contribution in [2.24, 2.45) is 0 Å². The Kier molecular flexibility index (Phi) is 5.51. The van der Waals surface area contributed by atoms with Crippen LogP contribution in [0.3, 0.4) is 0 Å². The minimum absolute atomic E-state index is 0.0315. The van der Waals surface area contributed by atoms with Gasteiger partial charge < -0.3 is 9.73 Å². The van der Waals surface area contributed by atoms with Gasteiger partial charge in [-0.15, -0.1) is 0 Å². The summed E-state index contributed by atoms with van der Waals surface area (Å²) in [6.07, 6.45) is 5.04. The second-order valence-corrected chi connectivity index (χ2v) is 8.33. The lowest BCUT2D eigenvalue weighted by Crippen LogP contribution is -2.20. The first-order valence-electron chi connectivity index (χ1n) is 10.1. The molecule has 5 rings (SSSR count). The minimum atomic E-state index is -0.294. The minimum Gasteiger partial charge on any atom is -0.464 e. The number of halogens is 2. The van der Waals surface area contributed by atoms with E-state index in [-0.39, 0.29) is 18.3 Å². The zero-order valence-electron chi connectivity index (χ0n) is 17.5. The highest BCUT2D eigenvalue weighted by Crippen LogP contribution is 2.30. The molecule has 33 heavy (non-hydrogen) atoms. The van der Waals surface area contributed by atoms with E-state index in [0.29, 0.717) is 28.2 Å². The Morgan fingerprint density at radius 2 is 2.00 bits per heavy atom. The van der Waals surface area contributed by atoms with Gasteiger partial charge in [0.05, 0.1) is 28.4 Å². The van der Waals surface area contributed by atoms with Crippen LogP contribution in [0.4, 0.5) is 10.2 Å². The van der Waals surface area contributed by atoms with Crippen LogP contribution >= 0.6 is 15.9 Å². The van der Waals surface area contributed by atoms with Gasteiger partial charge in [0.2, 0.25) is 5.91 Å². The number of carbonyl (C=O) groups is 1. The quantitative estimate of drug-likeness (QED) is 0.356. The molecule has 0 aliphatic heterocycles. The van der Waals surface area contributed by atoms with E-state index in [2.05, 4.69) is 36.4 Å². The van der Waals surface area contributed by atoms with Crippen molar-refractivity contribution in [3.8, 4) is 11.3 Å². The van der Waals surface area contributed by atoms with Crippen LogP contribution in [-0.4, -0.2) is 30.5 Å². The SMILES string of the molecule is Cc1nn(CC(=O)Nc2nn(Cc3ccc(F)cc3)cc2Br)c2nccc(-c3ccco3)c12. The van der Waals surface area contributed by atoms with Crippen LogP contribution in [0.1, 0.15) is 11.3 Å². The molecule has 0 radical (unpaired) electrons. The monoisotopic (exact) mass is 508 g/mol. The van der Waals surface area contributed by atoms with Crippen LogP contribution in [0.2, 0.25) is 0 Å². The van der Waals surface area contributed by atoms with Crippen LogP contribution < -0.4 is 5.32 Å². The summed E-state index contributed by atoms with van der Waals surface area (Å²) in [4.78, 5) is 17.2. The predicted octanol–water partition coefficient (Wildman–Crippen LogP) is 4.78. The fraction of sp³-hybridized carbons (Fsp3) is 0.130. The highest BCUT2D eigenvalue weighted by Gasteiger charge is 2.18. The van der Waals surface area contributed by atoms with Crippen LogP contribution in [0.5, 0.6) is 0 Å². The Bertz CT molecular complexity index is 1440. The van der Waals surface area contributed by atoms with Crippen molar-refractivity contribution in [2.45, 2.75) is 20.0 Å². The van der Waals surface area contributed by atoms with Gasteiger partial charge in [-0.1, -0.05) is 12.1 Å². The van der Waals surface area contributed by atoms with E-state index in [9.17, 15) is 9.18 Å². The molecular weight excluding hydrogens is 491 g/mol. The highest BCUT2D eigenvalue weighted by atomic mass is 79.9. The Hall–Kier alpha value is -3.79. The average Bonchev–Trinajstić information content (AvgIpc) is 3.51. The van der Waals surface area contributed by atoms with Gasteiger partial charge >= 0.3 is 0 Å². The van der Waals surface area contributed by atoms with E-state index >= 15 is 0 Å². The Morgan fingerprint density at radius 3 is 2.76 bits per heavy atom. The molecule has 0 spiro atoms. The van der Waals surface area contributed by atoms with E-state index in [1.807, 2.05) is 25.1 Å². The van der Waals surface area contributed by atoms with Gasteiger partial charge in [-0.2, -0.15) is 10.2 Å². The number of fused-ring (bicyclic) bond motifs is 1. The van der Waals surface area contributed by atoms with Gasteiger partial charge in [-0.3, -0.25) is 9.48 Å². The second-order valence-electron chi connectivity index (χ2n) is 7.48. The maximum absolute atomic E-state index is 13.1. The number of furan rings is 1. The molecule has 166 valence electrons. The number of amides is 1. The average molecular weight is 509 g/mol. The summed E-state index contributed by atoms with van der Waals surface area (Å²) in [6, 6.07) is 11.7. The van der Waals surface area contributed by atoms with E-state index < -0.39 is 0 Å². The van der Waals surface area contributed by atoms with Gasteiger partial charge in [-0.25, -0.2) is 14.1 Å². The first kappa shape index (κ1) is 21.1. The van der Waals surface area contributed by atoms with Crippen LogP contribution in [0.15, 0.2) is 70.0 Å². The number of rotatable bonds is 6. The van der Waals surface area contributed by atoms with Gasteiger partial charge in [0.25, 0.3) is 0 Å². The van der Waals surface area contributed by atoms with Gasteiger partial charge in [0, 0.05) is 18.0 Å². The lowest BCUT2D eigenvalue weighted by molar-refractivity contribution is -0.116. The summed E-state index contributed by atoms with van der Waals surface area (Å²) in [5.41, 5.74) is 3.11. The lowest BCUT2D eigenvalue weighted by Gasteiger charge is -2.05. The first-order chi connectivity index (χ1) is 16.0. The van der Waals surface area contributed by atoms with Crippen molar-refractivity contribution in [1.29, 1.82) is 0 Å². The molecular formula is C23H18BrFN6O2. The van der Waals surface area contributed by atoms with Crippen molar-refractivity contribution in [3.63, 3.8) is 0 Å². The molecule has 4 aromatic heterocycles. The molecule has 0 aliphatic rings. The standard InChI is InChI=1S/C23H18BrFN6O2/c1-14-21-17(19-3-2-10-33-19)8-9-26-23(21)31(28-14)13-20(32)27-22-18(24)12-30(29-22)11-15-4-6-16(25)7-5-15/h2-10,12H,11,13H2,1H3,(H,27,29,32). The Morgan fingerprint density at radius 1 is 1.18 bits per heavy atom. The van der Waals surface area contributed by atoms with Crippen LogP contribution in [0.25, 0.3) is 22.4 Å². The van der Waals surface area contributed by atoms with Crippen molar-refractivity contribution >= 4 is 38.7 Å². The zero-order chi connectivity index (χ0) is 22.9. The van der Waals surface area contributed by atoms with Crippen molar-refractivity contribution in [1.82, 2.24) is 24.5 Å². The predicted molar refractivity (Wildman–Crippen MR) is 124 cm³/mol. The number of hydrogen-bond acceptors (Lipinski definition) is 5.